The van der Waals surface area contributed by atoms with Crippen LogP contribution in [0.25, 0.3) is 0 Å². The van der Waals surface area contributed by atoms with Crippen LogP contribution in [-0.4, -0.2) is 43.5 Å². The molecule has 9 nitrogen and oxygen atoms in total. The molecule has 1 aromatic heterocycles. The van der Waals surface area contributed by atoms with Crippen LogP contribution in [0.5, 0.6) is 0 Å². The van der Waals surface area contributed by atoms with Crippen molar-refractivity contribution in [3.63, 3.8) is 0 Å². The van der Waals surface area contributed by atoms with E-state index in [0.717, 1.165) is 5.69 Å². The Hall–Kier alpha value is -2.49. The quantitative estimate of drug-likeness (QED) is 0.466. The van der Waals surface area contributed by atoms with E-state index in [9.17, 15) is 25.1 Å². The molecule has 2 unspecified atom stereocenters. The first-order valence-corrected chi connectivity index (χ1v) is 8.21. The third-order valence-corrected chi connectivity index (χ3v) is 4.33. The Morgan fingerprint density at radius 1 is 1.42 bits per heavy atom. The molecule has 0 fully saturated rings. The van der Waals surface area contributed by atoms with E-state index in [-0.39, 0.29) is 18.0 Å². The standard InChI is InChI=1S/C16H19ClN4O5/c1-10-13(17)8-18-20(10)7-6-15(23)19-14(9-22)16(24)11-2-4-12(5-3-11)21(25)26/h2-5,8,14,16,22,24H,6-7,9H2,1H3,(H,19,23). The van der Waals surface area contributed by atoms with Gasteiger partial charge in [-0.15, -0.1) is 0 Å². The maximum absolute atomic E-state index is 12.1. The molecule has 10 heteroatoms. The molecule has 2 aromatic rings. The van der Waals surface area contributed by atoms with Gasteiger partial charge in [-0.1, -0.05) is 11.6 Å². The lowest BCUT2D eigenvalue weighted by Gasteiger charge is -2.22. The highest BCUT2D eigenvalue weighted by atomic mass is 35.5. The fourth-order valence-electron chi connectivity index (χ4n) is 2.39. The van der Waals surface area contributed by atoms with Crippen molar-refractivity contribution in [3.8, 4) is 0 Å². The van der Waals surface area contributed by atoms with E-state index in [1.165, 1.54) is 30.5 Å². The van der Waals surface area contributed by atoms with Gasteiger partial charge in [0.05, 0.1) is 41.0 Å². The van der Waals surface area contributed by atoms with Crippen LogP contribution >= 0.6 is 11.6 Å². The van der Waals surface area contributed by atoms with Crippen LogP contribution in [0.4, 0.5) is 5.69 Å². The third-order valence-electron chi connectivity index (χ3n) is 3.96. The number of aryl methyl sites for hydroxylation is 1. The highest BCUT2D eigenvalue weighted by Gasteiger charge is 2.23. The van der Waals surface area contributed by atoms with Crippen molar-refractivity contribution in [3.05, 3.63) is 56.9 Å². The molecule has 0 aliphatic rings. The Kier molecular flexibility index (Phi) is 6.67. The summed E-state index contributed by atoms with van der Waals surface area (Å²) in [6.07, 6.45) is 0.372. The van der Waals surface area contributed by atoms with E-state index in [1.807, 2.05) is 0 Å². The Morgan fingerprint density at radius 2 is 2.08 bits per heavy atom. The monoisotopic (exact) mass is 382 g/mol. The Morgan fingerprint density at radius 3 is 2.58 bits per heavy atom. The number of nitro groups is 1. The number of carbonyl (C=O) groups is 1. The van der Waals surface area contributed by atoms with Gasteiger partial charge in [-0.05, 0) is 24.6 Å². The van der Waals surface area contributed by atoms with Gasteiger partial charge in [0, 0.05) is 18.6 Å². The number of rotatable bonds is 8. The first kappa shape index (κ1) is 19.8. The third kappa shape index (κ3) is 4.78. The fourth-order valence-corrected chi connectivity index (χ4v) is 2.53. The van der Waals surface area contributed by atoms with Gasteiger partial charge in [-0.2, -0.15) is 5.10 Å². The Bertz CT molecular complexity index is 777. The summed E-state index contributed by atoms with van der Waals surface area (Å²) in [7, 11) is 0. The molecule has 0 bridgehead atoms. The number of aliphatic hydroxyl groups is 2. The molecular formula is C16H19ClN4O5. The zero-order valence-electron chi connectivity index (χ0n) is 14.0. The lowest BCUT2D eigenvalue weighted by Crippen LogP contribution is -2.42. The Labute approximate surface area is 154 Å². The highest BCUT2D eigenvalue weighted by Crippen LogP contribution is 2.20. The van der Waals surface area contributed by atoms with Gasteiger partial charge in [0.2, 0.25) is 5.91 Å². The minimum Gasteiger partial charge on any atom is -0.394 e. The van der Waals surface area contributed by atoms with E-state index in [2.05, 4.69) is 10.4 Å². The highest BCUT2D eigenvalue weighted by molar-refractivity contribution is 6.31. The fraction of sp³-hybridized carbons (Fsp3) is 0.375. The zero-order chi connectivity index (χ0) is 19.3. The summed E-state index contributed by atoms with van der Waals surface area (Å²) in [5, 5.41) is 37.5. The van der Waals surface area contributed by atoms with Gasteiger partial charge in [0.15, 0.2) is 0 Å². The number of non-ortho nitro benzene ring substituents is 1. The van der Waals surface area contributed by atoms with Crippen LogP contribution in [0.15, 0.2) is 30.5 Å². The number of nitrogens with zero attached hydrogens (tertiary/aromatic N) is 3. The predicted molar refractivity (Wildman–Crippen MR) is 93.7 cm³/mol. The van der Waals surface area contributed by atoms with Crippen LogP contribution < -0.4 is 5.32 Å². The van der Waals surface area contributed by atoms with E-state index in [0.29, 0.717) is 17.1 Å². The number of amides is 1. The molecular weight excluding hydrogens is 364 g/mol. The zero-order valence-corrected chi connectivity index (χ0v) is 14.8. The SMILES string of the molecule is Cc1c(Cl)cnn1CCC(=O)NC(CO)C(O)c1ccc([N+](=O)[O-])cc1. The van der Waals surface area contributed by atoms with Gasteiger partial charge < -0.3 is 15.5 Å². The largest absolute Gasteiger partial charge is 0.394 e. The minimum absolute atomic E-state index is 0.0856. The summed E-state index contributed by atoms with van der Waals surface area (Å²) in [5.41, 5.74) is 0.979. The van der Waals surface area contributed by atoms with Crippen molar-refractivity contribution in [2.45, 2.75) is 32.0 Å². The van der Waals surface area contributed by atoms with E-state index >= 15 is 0 Å². The molecule has 26 heavy (non-hydrogen) atoms. The second-order valence-electron chi connectivity index (χ2n) is 5.70. The van der Waals surface area contributed by atoms with E-state index < -0.39 is 23.7 Å². The van der Waals surface area contributed by atoms with Crippen LogP contribution in [0.1, 0.15) is 23.8 Å². The summed E-state index contributed by atoms with van der Waals surface area (Å²) in [6, 6.07) is 4.32. The van der Waals surface area contributed by atoms with Gasteiger partial charge in [0.25, 0.3) is 5.69 Å². The van der Waals surface area contributed by atoms with E-state index in [4.69, 9.17) is 11.6 Å². The molecule has 1 heterocycles. The van der Waals surface area contributed by atoms with Crippen LogP contribution in [-0.2, 0) is 11.3 Å². The van der Waals surface area contributed by atoms with Crippen LogP contribution in [0.3, 0.4) is 0 Å². The molecule has 1 aromatic carbocycles. The Balaban J connectivity index is 1.95. The average molecular weight is 383 g/mol. The number of aliphatic hydroxyl groups excluding tert-OH is 2. The minimum atomic E-state index is -1.20. The molecule has 0 spiro atoms. The summed E-state index contributed by atoms with van der Waals surface area (Å²) in [4.78, 5) is 22.2. The van der Waals surface area contributed by atoms with E-state index in [1.54, 1.807) is 11.6 Å². The molecule has 0 aliphatic heterocycles. The maximum Gasteiger partial charge on any atom is 0.269 e. The average Bonchev–Trinajstić information content (AvgIpc) is 2.95. The normalized spacial score (nSPS) is 13.2. The summed E-state index contributed by atoms with van der Waals surface area (Å²) >= 11 is 5.90. The molecule has 0 saturated heterocycles. The molecule has 140 valence electrons. The molecule has 0 aliphatic carbocycles. The van der Waals surface area contributed by atoms with Crippen molar-refractivity contribution in [1.82, 2.24) is 15.1 Å². The molecule has 2 atom stereocenters. The van der Waals surface area contributed by atoms with Gasteiger partial charge >= 0.3 is 0 Å². The summed E-state index contributed by atoms with van der Waals surface area (Å²) in [5.74, 6) is -0.379. The number of nitrogens with one attached hydrogen (secondary N) is 1. The number of halogens is 1. The molecule has 2 rings (SSSR count). The maximum atomic E-state index is 12.1. The summed E-state index contributed by atoms with van der Waals surface area (Å²) in [6.45, 7) is 1.59. The lowest BCUT2D eigenvalue weighted by molar-refractivity contribution is -0.384. The number of carbonyl (C=O) groups excluding carboxylic acids is 1. The first-order valence-electron chi connectivity index (χ1n) is 7.84. The van der Waals surface area contributed by atoms with Gasteiger partial charge in [-0.25, -0.2) is 0 Å². The number of benzene rings is 1. The molecule has 1 amide bonds. The first-order chi connectivity index (χ1) is 12.3. The number of aromatic nitrogens is 2. The second kappa shape index (κ2) is 8.75. The second-order valence-corrected chi connectivity index (χ2v) is 6.11. The molecule has 0 radical (unpaired) electrons. The number of hydrogen-bond donors (Lipinski definition) is 3. The van der Waals surface area contributed by atoms with Crippen molar-refractivity contribution >= 4 is 23.2 Å². The lowest BCUT2D eigenvalue weighted by atomic mass is 10.0. The molecule has 0 saturated carbocycles. The number of nitro benzene ring substituents is 1. The summed E-state index contributed by atoms with van der Waals surface area (Å²) < 4.78 is 1.59. The topological polar surface area (TPSA) is 131 Å². The van der Waals surface area contributed by atoms with Gasteiger partial charge in [-0.3, -0.25) is 19.6 Å². The van der Waals surface area contributed by atoms with Crippen molar-refractivity contribution in [2.24, 2.45) is 0 Å². The van der Waals surface area contributed by atoms with Crippen molar-refractivity contribution in [1.29, 1.82) is 0 Å². The van der Waals surface area contributed by atoms with Crippen LogP contribution in [0.2, 0.25) is 5.02 Å². The molecule has 3 N–H and O–H groups in total. The van der Waals surface area contributed by atoms with Crippen molar-refractivity contribution in [2.75, 3.05) is 6.61 Å². The predicted octanol–water partition coefficient (Wildman–Crippen LogP) is 1.35. The van der Waals surface area contributed by atoms with Crippen LogP contribution in [0, 0.1) is 17.0 Å². The number of hydrogen-bond acceptors (Lipinski definition) is 6. The smallest absolute Gasteiger partial charge is 0.269 e. The van der Waals surface area contributed by atoms with Gasteiger partial charge in [0.1, 0.15) is 6.10 Å². The van der Waals surface area contributed by atoms with Crippen molar-refractivity contribution < 1.29 is 19.9 Å².